The van der Waals surface area contributed by atoms with Crippen molar-refractivity contribution in [1.29, 1.82) is 0 Å². The molecule has 5 heteroatoms. The molecule has 1 saturated carbocycles. The normalized spacial score (nSPS) is 23.7. The first-order valence-corrected chi connectivity index (χ1v) is 6.10. The lowest BCUT2D eigenvalue weighted by atomic mass is 9.93. The third kappa shape index (κ3) is 2.98. The lowest BCUT2D eigenvalue weighted by Crippen LogP contribution is -2.38. The van der Waals surface area contributed by atoms with Crippen molar-refractivity contribution in [3.05, 3.63) is 29.6 Å². The van der Waals surface area contributed by atoms with Gasteiger partial charge in [-0.25, -0.2) is 4.39 Å². The monoisotopic (exact) mass is 252 g/mol. The summed E-state index contributed by atoms with van der Waals surface area (Å²) in [5.74, 6) is -0.878. The fourth-order valence-electron chi connectivity index (χ4n) is 2.16. The van der Waals surface area contributed by atoms with Crippen LogP contribution < -0.4 is 11.1 Å². The van der Waals surface area contributed by atoms with Gasteiger partial charge in [0.2, 0.25) is 0 Å². The Morgan fingerprint density at radius 3 is 2.61 bits per heavy atom. The third-order valence-electron chi connectivity index (χ3n) is 3.29. The average Bonchev–Trinajstić information content (AvgIpc) is 2.35. The van der Waals surface area contributed by atoms with Gasteiger partial charge in [0.1, 0.15) is 5.82 Å². The molecule has 1 aromatic carbocycles. The molecule has 0 atom stereocenters. The van der Waals surface area contributed by atoms with Gasteiger partial charge < -0.3 is 16.2 Å². The van der Waals surface area contributed by atoms with Gasteiger partial charge in [0, 0.05) is 11.6 Å². The second-order valence-electron chi connectivity index (χ2n) is 4.72. The van der Waals surface area contributed by atoms with Gasteiger partial charge in [-0.1, -0.05) is 0 Å². The van der Waals surface area contributed by atoms with Crippen molar-refractivity contribution in [2.24, 2.45) is 0 Å². The van der Waals surface area contributed by atoms with Gasteiger partial charge in [0.05, 0.1) is 11.8 Å². The number of anilines is 1. The average molecular weight is 252 g/mol. The first-order chi connectivity index (χ1) is 8.56. The first kappa shape index (κ1) is 12.8. The van der Waals surface area contributed by atoms with E-state index in [1.54, 1.807) is 0 Å². The van der Waals surface area contributed by atoms with E-state index in [-0.39, 0.29) is 29.3 Å². The van der Waals surface area contributed by atoms with Gasteiger partial charge >= 0.3 is 0 Å². The maximum absolute atomic E-state index is 13.2. The number of aliphatic hydroxyl groups is 1. The second kappa shape index (κ2) is 5.35. The summed E-state index contributed by atoms with van der Waals surface area (Å²) in [5, 5.41) is 12.2. The van der Waals surface area contributed by atoms with E-state index in [4.69, 9.17) is 5.73 Å². The highest BCUT2D eigenvalue weighted by molar-refractivity contribution is 5.94. The number of benzene rings is 1. The molecule has 1 aliphatic carbocycles. The molecule has 1 aromatic rings. The summed E-state index contributed by atoms with van der Waals surface area (Å²) in [6, 6.07) is 4.09. The minimum Gasteiger partial charge on any atom is -0.396 e. The number of amides is 1. The van der Waals surface area contributed by atoms with E-state index < -0.39 is 5.82 Å². The van der Waals surface area contributed by atoms with Crippen molar-refractivity contribution in [2.75, 3.05) is 5.73 Å². The quantitative estimate of drug-likeness (QED) is 0.697. The van der Waals surface area contributed by atoms with Crippen molar-refractivity contribution in [3.8, 4) is 0 Å². The third-order valence-corrected chi connectivity index (χ3v) is 3.29. The van der Waals surface area contributed by atoms with Gasteiger partial charge in [0.15, 0.2) is 0 Å². The van der Waals surface area contributed by atoms with Crippen LogP contribution >= 0.6 is 0 Å². The van der Waals surface area contributed by atoms with Crippen LogP contribution in [0.25, 0.3) is 0 Å². The summed E-state index contributed by atoms with van der Waals surface area (Å²) in [6.07, 6.45) is 2.64. The lowest BCUT2D eigenvalue weighted by molar-refractivity contribution is 0.0867. The SMILES string of the molecule is Nc1ccc(C(=O)NC2CCC(O)CC2)cc1F. The molecule has 18 heavy (non-hydrogen) atoms. The number of aliphatic hydroxyl groups excluding tert-OH is 1. The van der Waals surface area contributed by atoms with Crippen LogP contribution in [0.1, 0.15) is 36.0 Å². The second-order valence-corrected chi connectivity index (χ2v) is 4.72. The van der Waals surface area contributed by atoms with Crippen molar-refractivity contribution in [3.63, 3.8) is 0 Å². The molecule has 0 saturated heterocycles. The Bertz CT molecular complexity index is 443. The zero-order chi connectivity index (χ0) is 13.1. The van der Waals surface area contributed by atoms with E-state index in [0.29, 0.717) is 12.8 Å². The summed E-state index contributed by atoms with van der Waals surface area (Å²) < 4.78 is 13.2. The number of carbonyl (C=O) groups is 1. The summed E-state index contributed by atoms with van der Waals surface area (Å²) >= 11 is 0. The number of halogens is 1. The van der Waals surface area contributed by atoms with Crippen LogP contribution in [0.4, 0.5) is 10.1 Å². The predicted octanol–water partition coefficient (Wildman–Crippen LogP) is 1.44. The van der Waals surface area contributed by atoms with E-state index in [1.165, 1.54) is 12.1 Å². The molecule has 0 spiro atoms. The van der Waals surface area contributed by atoms with Crippen molar-refractivity contribution in [2.45, 2.75) is 37.8 Å². The summed E-state index contributed by atoms with van der Waals surface area (Å²) in [6.45, 7) is 0. The zero-order valence-corrected chi connectivity index (χ0v) is 10.0. The van der Waals surface area contributed by atoms with Crippen molar-refractivity contribution in [1.82, 2.24) is 5.32 Å². The van der Waals surface area contributed by atoms with Gasteiger partial charge in [-0.2, -0.15) is 0 Å². The zero-order valence-electron chi connectivity index (χ0n) is 10.0. The number of hydrogen-bond acceptors (Lipinski definition) is 3. The Labute approximate surface area is 105 Å². The molecule has 0 bridgehead atoms. The molecule has 2 rings (SSSR count). The van der Waals surface area contributed by atoms with Gasteiger partial charge in [0.25, 0.3) is 5.91 Å². The molecule has 1 fully saturated rings. The summed E-state index contributed by atoms with van der Waals surface area (Å²) in [4.78, 5) is 11.9. The molecular formula is C13H17FN2O2. The fourth-order valence-corrected chi connectivity index (χ4v) is 2.16. The highest BCUT2D eigenvalue weighted by Crippen LogP contribution is 2.19. The molecule has 1 amide bonds. The molecule has 98 valence electrons. The minimum atomic E-state index is -0.582. The maximum Gasteiger partial charge on any atom is 0.251 e. The van der Waals surface area contributed by atoms with E-state index >= 15 is 0 Å². The molecular weight excluding hydrogens is 235 g/mol. The van der Waals surface area contributed by atoms with Crippen LogP contribution in [0.2, 0.25) is 0 Å². The fraction of sp³-hybridized carbons (Fsp3) is 0.462. The van der Waals surface area contributed by atoms with Crippen LogP contribution in [0, 0.1) is 5.82 Å². The van der Waals surface area contributed by atoms with E-state index in [2.05, 4.69) is 5.32 Å². The van der Waals surface area contributed by atoms with E-state index in [1.807, 2.05) is 0 Å². The molecule has 0 unspecified atom stereocenters. The van der Waals surface area contributed by atoms with Crippen LogP contribution in [-0.2, 0) is 0 Å². The highest BCUT2D eigenvalue weighted by atomic mass is 19.1. The first-order valence-electron chi connectivity index (χ1n) is 6.10. The van der Waals surface area contributed by atoms with Crippen LogP contribution in [0.5, 0.6) is 0 Å². The Hall–Kier alpha value is -1.62. The lowest BCUT2D eigenvalue weighted by Gasteiger charge is -2.26. The Kier molecular flexibility index (Phi) is 3.81. The van der Waals surface area contributed by atoms with Crippen molar-refractivity contribution >= 4 is 11.6 Å². The number of nitrogen functional groups attached to an aromatic ring is 1. The molecule has 0 aromatic heterocycles. The minimum absolute atomic E-state index is 0.0346. The smallest absolute Gasteiger partial charge is 0.251 e. The predicted molar refractivity (Wildman–Crippen MR) is 66.5 cm³/mol. The van der Waals surface area contributed by atoms with Crippen LogP contribution in [0.15, 0.2) is 18.2 Å². The topological polar surface area (TPSA) is 75.4 Å². The molecule has 4 nitrogen and oxygen atoms in total. The maximum atomic E-state index is 13.2. The molecule has 0 radical (unpaired) electrons. The number of nitrogens with one attached hydrogen (secondary N) is 1. The van der Waals surface area contributed by atoms with Crippen LogP contribution in [-0.4, -0.2) is 23.2 Å². The van der Waals surface area contributed by atoms with Gasteiger partial charge in [-0.3, -0.25) is 4.79 Å². The highest BCUT2D eigenvalue weighted by Gasteiger charge is 2.21. The standard InChI is InChI=1S/C13H17FN2O2/c14-11-7-8(1-6-12(11)15)13(18)16-9-2-4-10(17)5-3-9/h1,6-7,9-10,17H,2-5,15H2,(H,16,18). The van der Waals surface area contributed by atoms with E-state index in [9.17, 15) is 14.3 Å². The summed E-state index contributed by atoms with van der Waals surface area (Å²) in [7, 11) is 0. The Morgan fingerprint density at radius 2 is 2.00 bits per heavy atom. The molecule has 4 N–H and O–H groups in total. The van der Waals surface area contributed by atoms with E-state index in [0.717, 1.165) is 18.9 Å². The molecule has 0 heterocycles. The van der Waals surface area contributed by atoms with Crippen molar-refractivity contribution < 1.29 is 14.3 Å². The molecule has 1 aliphatic rings. The number of rotatable bonds is 2. The number of carbonyl (C=O) groups excluding carboxylic acids is 1. The largest absolute Gasteiger partial charge is 0.396 e. The van der Waals surface area contributed by atoms with Gasteiger partial charge in [-0.05, 0) is 43.9 Å². The summed E-state index contributed by atoms with van der Waals surface area (Å²) in [5.41, 5.74) is 5.66. The van der Waals surface area contributed by atoms with Gasteiger partial charge in [-0.15, -0.1) is 0 Å². The Morgan fingerprint density at radius 1 is 1.33 bits per heavy atom. The molecule has 0 aliphatic heterocycles. The van der Waals surface area contributed by atoms with Crippen LogP contribution in [0.3, 0.4) is 0 Å². The number of nitrogens with two attached hydrogens (primary N) is 1. The Balaban J connectivity index is 1.97. The number of hydrogen-bond donors (Lipinski definition) is 3.